The van der Waals surface area contributed by atoms with Crippen molar-refractivity contribution >= 4 is 21.4 Å². The number of sulfonamides is 1. The molecule has 1 unspecified atom stereocenters. The van der Waals surface area contributed by atoms with E-state index in [0.29, 0.717) is 12.0 Å². The maximum absolute atomic E-state index is 12.2. The first kappa shape index (κ1) is 15.7. The molecule has 1 aromatic heterocycles. The first-order valence-electron chi connectivity index (χ1n) is 6.48. The van der Waals surface area contributed by atoms with Crippen molar-refractivity contribution in [3.63, 3.8) is 0 Å². The van der Waals surface area contributed by atoms with E-state index in [0.717, 1.165) is 4.88 Å². The molecule has 0 radical (unpaired) electrons. The van der Waals surface area contributed by atoms with Crippen LogP contribution in [-0.4, -0.2) is 14.5 Å². The van der Waals surface area contributed by atoms with Crippen LogP contribution < -0.4 is 4.72 Å². The molecule has 0 bridgehead atoms. The van der Waals surface area contributed by atoms with E-state index >= 15 is 0 Å². The summed E-state index contributed by atoms with van der Waals surface area (Å²) in [5, 5.41) is 8.73. The molecule has 4 nitrogen and oxygen atoms in total. The highest BCUT2D eigenvalue weighted by molar-refractivity contribution is 7.89. The molecule has 0 amide bonds. The van der Waals surface area contributed by atoms with E-state index < -0.39 is 10.0 Å². The number of hydrogen-bond donors (Lipinski definition) is 1. The van der Waals surface area contributed by atoms with E-state index in [2.05, 4.69) is 4.72 Å². The minimum Gasteiger partial charge on any atom is -0.208 e. The number of nitrogens with zero attached hydrogens (tertiary/aromatic N) is 1. The third-order valence-corrected chi connectivity index (χ3v) is 5.58. The van der Waals surface area contributed by atoms with Crippen molar-refractivity contribution in [2.24, 2.45) is 0 Å². The van der Waals surface area contributed by atoms with Crippen molar-refractivity contribution in [1.29, 1.82) is 5.26 Å². The van der Waals surface area contributed by atoms with Crippen LogP contribution in [0, 0.1) is 18.3 Å². The second kappa shape index (κ2) is 6.39. The van der Waals surface area contributed by atoms with Gasteiger partial charge in [0.25, 0.3) is 0 Å². The lowest BCUT2D eigenvalue weighted by atomic mass is 10.2. The van der Waals surface area contributed by atoms with E-state index in [9.17, 15) is 8.42 Å². The Morgan fingerprint density at radius 1 is 1.24 bits per heavy atom. The van der Waals surface area contributed by atoms with Gasteiger partial charge in [0.2, 0.25) is 10.0 Å². The molecular formula is C15H16N2O2S2. The molecule has 1 N–H and O–H groups in total. The minimum absolute atomic E-state index is 0.177. The molecule has 21 heavy (non-hydrogen) atoms. The predicted molar refractivity (Wildman–Crippen MR) is 83.7 cm³/mol. The third-order valence-electron chi connectivity index (χ3n) is 2.95. The van der Waals surface area contributed by atoms with Gasteiger partial charge in [-0.05, 0) is 56.7 Å². The SMILES string of the molecule is Cc1ccc(CC(C)NS(=O)(=O)c2ccc(C#N)cc2)s1. The van der Waals surface area contributed by atoms with Gasteiger partial charge >= 0.3 is 0 Å². The van der Waals surface area contributed by atoms with Crippen LogP contribution >= 0.6 is 11.3 Å². The van der Waals surface area contributed by atoms with E-state index in [1.807, 2.05) is 32.0 Å². The summed E-state index contributed by atoms with van der Waals surface area (Å²) < 4.78 is 27.2. The van der Waals surface area contributed by atoms with Crippen LogP contribution in [0.25, 0.3) is 0 Å². The summed E-state index contributed by atoms with van der Waals surface area (Å²) >= 11 is 1.67. The van der Waals surface area contributed by atoms with Gasteiger partial charge in [0.05, 0.1) is 16.5 Å². The van der Waals surface area contributed by atoms with Crippen LogP contribution in [-0.2, 0) is 16.4 Å². The van der Waals surface area contributed by atoms with Crippen molar-refractivity contribution in [2.75, 3.05) is 0 Å². The average Bonchev–Trinajstić information content (AvgIpc) is 2.83. The molecule has 0 fully saturated rings. The standard InChI is InChI=1S/C15H16N2O2S2/c1-11(9-14-6-3-12(2)20-14)17-21(18,19)15-7-4-13(10-16)5-8-15/h3-8,11,17H,9H2,1-2H3. The Bertz CT molecular complexity index is 756. The summed E-state index contributed by atoms with van der Waals surface area (Å²) in [6.45, 7) is 3.87. The van der Waals surface area contributed by atoms with E-state index in [1.54, 1.807) is 11.3 Å². The van der Waals surface area contributed by atoms with Crippen LogP contribution in [0.5, 0.6) is 0 Å². The summed E-state index contributed by atoms with van der Waals surface area (Å²) in [7, 11) is -3.55. The van der Waals surface area contributed by atoms with Gasteiger partial charge in [0, 0.05) is 15.8 Å². The Hall–Kier alpha value is -1.68. The third kappa shape index (κ3) is 4.14. The predicted octanol–water partition coefficient (Wildman–Crippen LogP) is 2.84. The average molecular weight is 320 g/mol. The molecule has 2 aromatic rings. The fourth-order valence-corrected chi connectivity index (χ4v) is 4.24. The molecule has 1 aromatic carbocycles. The minimum atomic E-state index is -3.55. The van der Waals surface area contributed by atoms with Crippen molar-refractivity contribution in [2.45, 2.75) is 31.2 Å². The lowest BCUT2D eigenvalue weighted by Gasteiger charge is -2.13. The lowest BCUT2D eigenvalue weighted by Crippen LogP contribution is -2.33. The number of aryl methyl sites for hydroxylation is 1. The first-order chi connectivity index (χ1) is 9.90. The Morgan fingerprint density at radius 2 is 1.90 bits per heavy atom. The molecule has 6 heteroatoms. The van der Waals surface area contributed by atoms with Gasteiger partial charge in [-0.2, -0.15) is 5.26 Å². The molecule has 0 spiro atoms. The number of nitrogens with one attached hydrogen (secondary N) is 1. The smallest absolute Gasteiger partial charge is 0.208 e. The number of hydrogen-bond acceptors (Lipinski definition) is 4. The summed E-state index contributed by atoms with van der Waals surface area (Å²) in [5.41, 5.74) is 0.441. The fraction of sp³-hybridized carbons (Fsp3) is 0.267. The molecule has 0 saturated heterocycles. The summed E-state index contributed by atoms with van der Waals surface area (Å²) in [6.07, 6.45) is 0.661. The van der Waals surface area contributed by atoms with E-state index in [1.165, 1.54) is 29.1 Å². The quantitative estimate of drug-likeness (QED) is 0.921. The normalized spacial score (nSPS) is 12.8. The van der Waals surface area contributed by atoms with E-state index in [-0.39, 0.29) is 10.9 Å². The number of thiophene rings is 1. The highest BCUT2D eigenvalue weighted by atomic mass is 32.2. The van der Waals surface area contributed by atoms with Gasteiger partial charge in [-0.3, -0.25) is 0 Å². The molecule has 0 saturated carbocycles. The van der Waals surface area contributed by atoms with Gasteiger partial charge in [0.1, 0.15) is 0 Å². The number of benzene rings is 1. The molecule has 0 aliphatic rings. The van der Waals surface area contributed by atoms with Crippen LogP contribution in [0.15, 0.2) is 41.3 Å². The lowest BCUT2D eigenvalue weighted by molar-refractivity contribution is 0.560. The highest BCUT2D eigenvalue weighted by Crippen LogP contribution is 2.18. The van der Waals surface area contributed by atoms with Crippen LogP contribution in [0.3, 0.4) is 0 Å². The van der Waals surface area contributed by atoms with Crippen molar-refractivity contribution in [3.05, 3.63) is 51.7 Å². The van der Waals surface area contributed by atoms with Gasteiger partial charge in [0.15, 0.2) is 0 Å². The Morgan fingerprint density at radius 3 is 2.43 bits per heavy atom. The zero-order valence-corrected chi connectivity index (χ0v) is 13.5. The molecule has 1 atom stereocenters. The fourth-order valence-electron chi connectivity index (χ4n) is 1.98. The zero-order valence-electron chi connectivity index (χ0n) is 11.8. The second-order valence-electron chi connectivity index (χ2n) is 4.87. The Labute approximate surface area is 129 Å². The molecule has 0 aliphatic carbocycles. The molecule has 110 valence electrons. The summed E-state index contributed by atoms with van der Waals surface area (Å²) in [6, 6.07) is 11.7. The number of rotatable bonds is 5. The summed E-state index contributed by atoms with van der Waals surface area (Å²) in [4.78, 5) is 2.55. The van der Waals surface area contributed by atoms with Crippen molar-refractivity contribution < 1.29 is 8.42 Å². The largest absolute Gasteiger partial charge is 0.240 e. The van der Waals surface area contributed by atoms with Gasteiger partial charge in [-0.1, -0.05) is 0 Å². The van der Waals surface area contributed by atoms with Crippen LogP contribution in [0.4, 0.5) is 0 Å². The Balaban J connectivity index is 2.07. The maximum atomic E-state index is 12.2. The maximum Gasteiger partial charge on any atom is 0.240 e. The van der Waals surface area contributed by atoms with E-state index in [4.69, 9.17) is 5.26 Å². The van der Waals surface area contributed by atoms with Gasteiger partial charge in [-0.25, -0.2) is 13.1 Å². The van der Waals surface area contributed by atoms with Crippen LogP contribution in [0.1, 0.15) is 22.2 Å². The van der Waals surface area contributed by atoms with Gasteiger partial charge < -0.3 is 0 Å². The molecule has 0 aliphatic heterocycles. The van der Waals surface area contributed by atoms with Crippen molar-refractivity contribution in [3.8, 4) is 6.07 Å². The second-order valence-corrected chi connectivity index (χ2v) is 7.96. The number of nitriles is 1. The monoisotopic (exact) mass is 320 g/mol. The summed E-state index contributed by atoms with van der Waals surface area (Å²) in [5.74, 6) is 0. The van der Waals surface area contributed by atoms with Crippen molar-refractivity contribution in [1.82, 2.24) is 4.72 Å². The van der Waals surface area contributed by atoms with Crippen LogP contribution in [0.2, 0.25) is 0 Å². The molecule has 1 heterocycles. The topological polar surface area (TPSA) is 70.0 Å². The zero-order chi connectivity index (χ0) is 15.5. The van der Waals surface area contributed by atoms with Gasteiger partial charge in [-0.15, -0.1) is 11.3 Å². The highest BCUT2D eigenvalue weighted by Gasteiger charge is 2.17. The molecule has 2 rings (SSSR count). The molecular weight excluding hydrogens is 304 g/mol. The Kier molecular flexibility index (Phi) is 4.78. The first-order valence-corrected chi connectivity index (χ1v) is 8.78.